The van der Waals surface area contributed by atoms with Gasteiger partial charge in [-0.1, -0.05) is 25.1 Å². The Labute approximate surface area is 89.6 Å². The minimum atomic E-state index is 0.190. The Morgan fingerprint density at radius 2 is 2.13 bits per heavy atom. The lowest BCUT2D eigenvalue weighted by molar-refractivity contribution is 0.273. The smallest absolute Gasteiger partial charge is 0.0497 e. The van der Waals surface area contributed by atoms with Crippen molar-refractivity contribution in [2.75, 3.05) is 6.61 Å². The Hall–Kier alpha value is -1.41. The maximum atomic E-state index is 9.10. The number of hydrogen-bond donors (Lipinski definition) is 1. The van der Waals surface area contributed by atoms with E-state index in [2.05, 4.69) is 23.2 Å². The fourth-order valence-electron chi connectivity index (χ4n) is 1.76. The van der Waals surface area contributed by atoms with Gasteiger partial charge in [-0.2, -0.15) is 0 Å². The van der Waals surface area contributed by atoms with Crippen molar-refractivity contribution in [1.29, 1.82) is 0 Å². The summed E-state index contributed by atoms with van der Waals surface area (Å²) in [4.78, 5) is 4.25. The summed E-state index contributed by atoms with van der Waals surface area (Å²) in [5, 5.41) is 11.5. The third kappa shape index (κ3) is 1.85. The number of aryl methyl sites for hydroxylation is 1. The highest BCUT2D eigenvalue weighted by molar-refractivity contribution is 5.84. The van der Waals surface area contributed by atoms with Gasteiger partial charge in [0.15, 0.2) is 0 Å². The summed E-state index contributed by atoms with van der Waals surface area (Å²) in [5.41, 5.74) is 2.23. The van der Waals surface area contributed by atoms with Crippen molar-refractivity contribution in [2.24, 2.45) is 0 Å². The second-order valence-electron chi connectivity index (χ2n) is 3.96. The van der Waals surface area contributed by atoms with Gasteiger partial charge in [0.05, 0.1) is 0 Å². The third-order valence-electron chi connectivity index (χ3n) is 2.83. The zero-order valence-corrected chi connectivity index (χ0v) is 9.07. The summed E-state index contributed by atoms with van der Waals surface area (Å²) in [6, 6.07) is 8.29. The molecule has 0 aliphatic heterocycles. The third-order valence-corrected chi connectivity index (χ3v) is 2.83. The van der Waals surface area contributed by atoms with Crippen molar-refractivity contribution in [2.45, 2.75) is 19.8 Å². The molecule has 1 N–H and O–H groups in total. The molecule has 1 aromatic carbocycles. The highest BCUT2D eigenvalue weighted by Gasteiger charge is 2.05. The zero-order valence-electron chi connectivity index (χ0n) is 9.07. The van der Waals surface area contributed by atoms with E-state index in [-0.39, 0.29) is 12.5 Å². The van der Waals surface area contributed by atoms with Crippen LogP contribution >= 0.6 is 0 Å². The van der Waals surface area contributed by atoms with Gasteiger partial charge in [-0.15, -0.1) is 0 Å². The molecule has 0 radical (unpaired) electrons. The maximum Gasteiger partial charge on any atom is 0.0497 e. The van der Waals surface area contributed by atoms with E-state index in [0.717, 1.165) is 5.69 Å². The molecular formula is C13H15NO. The fraction of sp³-hybridized carbons (Fsp3) is 0.308. The van der Waals surface area contributed by atoms with Gasteiger partial charge < -0.3 is 5.11 Å². The zero-order chi connectivity index (χ0) is 10.8. The Balaban J connectivity index is 2.57. The molecular weight excluding hydrogens is 186 g/mol. The lowest BCUT2D eigenvalue weighted by Gasteiger charge is -2.09. The molecule has 1 heterocycles. The van der Waals surface area contributed by atoms with E-state index in [1.165, 1.54) is 16.3 Å². The second-order valence-corrected chi connectivity index (χ2v) is 3.96. The highest BCUT2D eigenvalue weighted by Crippen LogP contribution is 2.22. The van der Waals surface area contributed by atoms with E-state index in [9.17, 15) is 0 Å². The molecule has 78 valence electrons. The monoisotopic (exact) mass is 201 g/mol. The molecule has 2 aromatic rings. The summed E-state index contributed by atoms with van der Waals surface area (Å²) in [6.45, 7) is 4.22. The fourth-order valence-corrected chi connectivity index (χ4v) is 1.76. The molecule has 0 bridgehead atoms. The SMILES string of the molecule is Cc1nccc2cc(C(C)CO)ccc12. The van der Waals surface area contributed by atoms with E-state index in [1.807, 2.05) is 26.1 Å². The number of aliphatic hydroxyl groups excluding tert-OH is 1. The predicted molar refractivity (Wildman–Crippen MR) is 62.0 cm³/mol. The molecule has 2 heteroatoms. The van der Waals surface area contributed by atoms with Crippen molar-refractivity contribution in [3.8, 4) is 0 Å². The van der Waals surface area contributed by atoms with Gasteiger partial charge in [0.1, 0.15) is 0 Å². The molecule has 0 aliphatic rings. The number of fused-ring (bicyclic) bond motifs is 1. The van der Waals surface area contributed by atoms with Crippen LogP contribution < -0.4 is 0 Å². The second kappa shape index (κ2) is 3.99. The first-order valence-corrected chi connectivity index (χ1v) is 5.18. The number of rotatable bonds is 2. The first-order valence-electron chi connectivity index (χ1n) is 5.18. The van der Waals surface area contributed by atoms with E-state index in [0.29, 0.717) is 0 Å². The van der Waals surface area contributed by atoms with Crippen molar-refractivity contribution in [1.82, 2.24) is 4.98 Å². The van der Waals surface area contributed by atoms with Gasteiger partial charge in [-0.25, -0.2) is 0 Å². The van der Waals surface area contributed by atoms with Gasteiger partial charge in [0.25, 0.3) is 0 Å². The van der Waals surface area contributed by atoms with Gasteiger partial charge in [0.2, 0.25) is 0 Å². The van der Waals surface area contributed by atoms with E-state index in [1.54, 1.807) is 0 Å². The summed E-state index contributed by atoms with van der Waals surface area (Å²) in [6.07, 6.45) is 1.82. The van der Waals surface area contributed by atoms with Crippen LogP contribution in [0.1, 0.15) is 24.1 Å². The average Bonchev–Trinajstić information content (AvgIpc) is 2.28. The van der Waals surface area contributed by atoms with Crippen molar-refractivity contribution in [3.63, 3.8) is 0 Å². The summed E-state index contributed by atoms with van der Waals surface area (Å²) < 4.78 is 0. The van der Waals surface area contributed by atoms with Gasteiger partial charge in [-0.3, -0.25) is 4.98 Å². The quantitative estimate of drug-likeness (QED) is 0.810. The molecule has 0 amide bonds. The number of aromatic nitrogens is 1. The standard InChI is InChI=1S/C13H15NO/c1-9(8-15)11-3-4-13-10(2)14-6-5-12(13)7-11/h3-7,9,15H,8H2,1-2H3. The normalized spacial score (nSPS) is 13.0. The Bertz CT molecular complexity index is 479. The number of pyridine rings is 1. The molecule has 0 spiro atoms. The van der Waals surface area contributed by atoms with Crippen molar-refractivity contribution < 1.29 is 5.11 Å². The predicted octanol–water partition coefficient (Wildman–Crippen LogP) is 2.64. The topological polar surface area (TPSA) is 33.1 Å². The molecule has 1 aromatic heterocycles. The van der Waals surface area contributed by atoms with Crippen molar-refractivity contribution in [3.05, 3.63) is 41.7 Å². The molecule has 2 rings (SSSR count). The molecule has 15 heavy (non-hydrogen) atoms. The molecule has 2 nitrogen and oxygen atoms in total. The van der Waals surface area contributed by atoms with Crippen LogP contribution in [0.5, 0.6) is 0 Å². The average molecular weight is 201 g/mol. The molecule has 0 saturated carbocycles. The van der Waals surface area contributed by atoms with E-state index in [4.69, 9.17) is 5.11 Å². The summed E-state index contributed by atoms with van der Waals surface area (Å²) >= 11 is 0. The first-order chi connectivity index (χ1) is 7.22. The molecule has 0 aliphatic carbocycles. The Morgan fingerprint density at radius 3 is 2.87 bits per heavy atom. The van der Waals surface area contributed by atoms with Crippen LogP contribution in [0, 0.1) is 6.92 Å². The minimum absolute atomic E-state index is 0.190. The van der Waals surface area contributed by atoms with Crippen LogP contribution in [-0.4, -0.2) is 16.7 Å². The van der Waals surface area contributed by atoms with Gasteiger partial charge in [-0.05, 0) is 23.9 Å². The van der Waals surface area contributed by atoms with Gasteiger partial charge in [0, 0.05) is 29.8 Å². The van der Waals surface area contributed by atoms with Crippen LogP contribution in [0.3, 0.4) is 0 Å². The van der Waals surface area contributed by atoms with Gasteiger partial charge >= 0.3 is 0 Å². The van der Waals surface area contributed by atoms with E-state index < -0.39 is 0 Å². The highest BCUT2D eigenvalue weighted by atomic mass is 16.3. The number of nitrogens with zero attached hydrogens (tertiary/aromatic N) is 1. The van der Waals surface area contributed by atoms with E-state index >= 15 is 0 Å². The lowest BCUT2D eigenvalue weighted by atomic mass is 9.98. The maximum absolute atomic E-state index is 9.10. The van der Waals surface area contributed by atoms with Crippen LogP contribution in [0.15, 0.2) is 30.5 Å². The lowest BCUT2D eigenvalue weighted by Crippen LogP contribution is -1.98. The largest absolute Gasteiger partial charge is 0.396 e. The van der Waals surface area contributed by atoms with Crippen LogP contribution in [-0.2, 0) is 0 Å². The minimum Gasteiger partial charge on any atom is -0.396 e. The number of hydrogen-bond acceptors (Lipinski definition) is 2. The molecule has 1 unspecified atom stereocenters. The number of aliphatic hydroxyl groups is 1. The molecule has 0 saturated heterocycles. The number of benzene rings is 1. The van der Waals surface area contributed by atoms with Crippen LogP contribution in [0.4, 0.5) is 0 Å². The Morgan fingerprint density at radius 1 is 1.33 bits per heavy atom. The first kappa shape index (κ1) is 10.1. The molecule has 0 fully saturated rings. The van der Waals surface area contributed by atoms with Crippen LogP contribution in [0.2, 0.25) is 0 Å². The van der Waals surface area contributed by atoms with Crippen molar-refractivity contribution >= 4 is 10.8 Å². The summed E-state index contributed by atoms with van der Waals surface area (Å²) in [5.74, 6) is 0.197. The Kier molecular flexibility index (Phi) is 2.69. The molecule has 1 atom stereocenters. The van der Waals surface area contributed by atoms with Crippen LogP contribution in [0.25, 0.3) is 10.8 Å². The summed E-state index contributed by atoms with van der Waals surface area (Å²) in [7, 11) is 0.